The first-order valence-electron chi connectivity index (χ1n) is 12.8. The minimum atomic E-state index is -1.24. The lowest BCUT2D eigenvalue weighted by Crippen LogP contribution is -2.55. The van der Waals surface area contributed by atoms with Crippen molar-refractivity contribution in [3.05, 3.63) is 68.5 Å². The molecule has 11 heteroatoms. The van der Waals surface area contributed by atoms with Crippen molar-refractivity contribution in [2.45, 2.75) is 64.2 Å². The summed E-state index contributed by atoms with van der Waals surface area (Å²) in [6.07, 6.45) is 1.62. The molecular weight excluding hydrogens is 538 g/mol. The Morgan fingerprint density at radius 1 is 1.05 bits per heavy atom. The molecule has 0 saturated heterocycles. The predicted molar refractivity (Wildman–Crippen MR) is 150 cm³/mol. The Hall–Kier alpha value is -3.57. The number of nitrogens with one attached hydrogen (secondary N) is 2. The number of thiophene rings is 2. The number of nitrogens with zero attached hydrogens (tertiary/aromatic N) is 1. The van der Waals surface area contributed by atoms with Crippen LogP contribution in [-0.4, -0.2) is 40.7 Å². The van der Waals surface area contributed by atoms with E-state index < -0.39 is 23.5 Å². The second-order valence-electron chi connectivity index (χ2n) is 9.62. The number of aliphatic carboxylic acids is 1. The van der Waals surface area contributed by atoms with Crippen molar-refractivity contribution in [3.8, 4) is 11.5 Å². The summed E-state index contributed by atoms with van der Waals surface area (Å²) in [7, 11) is 0. The molecule has 1 aliphatic rings. The topological polar surface area (TPSA) is 117 Å². The van der Waals surface area contributed by atoms with Gasteiger partial charge in [-0.25, -0.2) is 4.79 Å². The van der Waals surface area contributed by atoms with E-state index in [-0.39, 0.29) is 19.2 Å². The number of carboxylic acids is 1. The summed E-state index contributed by atoms with van der Waals surface area (Å²) in [6.45, 7) is 4.58. The van der Waals surface area contributed by atoms with Gasteiger partial charge in [0.1, 0.15) is 6.04 Å². The van der Waals surface area contributed by atoms with Crippen LogP contribution in [0.5, 0.6) is 11.5 Å². The van der Waals surface area contributed by atoms with Crippen molar-refractivity contribution in [1.82, 2.24) is 15.5 Å². The van der Waals surface area contributed by atoms with Gasteiger partial charge < -0.3 is 30.1 Å². The van der Waals surface area contributed by atoms with Crippen molar-refractivity contribution >= 4 is 40.6 Å². The van der Waals surface area contributed by atoms with Crippen LogP contribution in [0.2, 0.25) is 0 Å². The fraction of sp³-hybridized carbons (Fsp3) is 0.393. The Kier molecular flexibility index (Phi) is 9.47. The number of amides is 3. The van der Waals surface area contributed by atoms with E-state index in [0.29, 0.717) is 43.0 Å². The molecule has 3 heterocycles. The maximum atomic E-state index is 13.7. The third-order valence-corrected chi connectivity index (χ3v) is 8.24. The Morgan fingerprint density at radius 3 is 2.31 bits per heavy atom. The van der Waals surface area contributed by atoms with Gasteiger partial charge in [0, 0.05) is 9.75 Å². The molecular formula is C28H33N3O6S2. The molecule has 0 spiro atoms. The van der Waals surface area contributed by atoms with E-state index in [9.17, 15) is 19.5 Å². The van der Waals surface area contributed by atoms with Crippen LogP contribution in [0.4, 0.5) is 4.79 Å². The summed E-state index contributed by atoms with van der Waals surface area (Å²) in [5, 5.41) is 19.5. The Balaban J connectivity index is 1.54. The van der Waals surface area contributed by atoms with E-state index in [1.165, 1.54) is 0 Å². The zero-order valence-corrected chi connectivity index (χ0v) is 23.6. The van der Waals surface area contributed by atoms with Crippen molar-refractivity contribution in [2.75, 3.05) is 6.79 Å². The molecule has 0 saturated carbocycles. The molecule has 0 unspecified atom stereocenters. The van der Waals surface area contributed by atoms with Gasteiger partial charge in [0.05, 0.1) is 25.0 Å². The van der Waals surface area contributed by atoms with Gasteiger partial charge in [0.2, 0.25) is 12.7 Å². The van der Waals surface area contributed by atoms with Crippen LogP contribution in [0, 0.1) is 0 Å². The number of hydrogen-bond donors (Lipinski definition) is 3. The molecule has 3 amide bonds. The van der Waals surface area contributed by atoms with Crippen molar-refractivity contribution in [2.24, 2.45) is 0 Å². The van der Waals surface area contributed by atoms with E-state index >= 15 is 0 Å². The summed E-state index contributed by atoms with van der Waals surface area (Å²) in [6, 6.07) is 11.8. The Morgan fingerprint density at radius 2 is 1.72 bits per heavy atom. The number of benzene rings is 1. The standard InChI is InChI=1S/C28H33N3O6S2/c1-3-4-9-22(29-27(35)31(16-20-7-5-12-38-20)17-21-8-6-13-39-21)26(34)30-28(2,15-25(32)33)19-10-11-23-24(14-19)37-18-36-23/h5-8,10-14,22H,3-4,9,15-18H2,1-2H3,(H,29,35)(H,30,34)(H,32,33)/t22-,28-/m0/s1. The maximum Gasteiger partial charge on any atom is 0.318 e. The van der Waals surface area contributed by atoms with Gasteiger partial charge in [-0.2, -0.15) is 0 Å². The molecule has 0 bridgehead atoms. The van der Waals surface area contributed by atoms with Gasteiger partial charge in [-0.1, -0.05) is 38.0 Å². The van der Waals surface area contributed by atoms with E-state index in [1.54, 1.807) is 52.7 Å². The highest BCUT2D eigenvalue weighted by Gasteiger charge is 2.35. The van der Waals surface area contributed by atoms with Gasteiger partial charge in [0.15, 0.2) is 11.5 Å². The van der Waals surface area contributed by atoms with Crippen LogP contribution in [0.3, 0.4) is 0 Å². The average Bonchev–Trinajstić information content (AvgIpc) is 3.68. The molecule has 4 rings (SSSR count). The molecule has 2 atom stereocenters. The number of hydrogen-bond acceptors (Lipinski definition) is 7. The average molecular weight is 572 g/mol. The molecule has 1 aliphatic heterocycles. The van der Waals surface area contributed by atoms with Crippen LogP contribution < -0.4 is 20.1 Å². The van der Waals surface area contributed by atoms with Crippen molar-refractivity contribution in [3.63, 3.8) is 0 Å². The molecule has 39 heavy (non-hydrogen) atoms. The number of carbonyl (C=O) groups excluding carboxylic acids is 2. The Labute approximate surface area is 235 Å². The fourth-order valence-electron chi connectivity index (χ4n) is 4.42. The number of carboxylic acid groups (broad SMARTS) is 1. The number of urea groups is 1. The molecule has 2 aromatic heterocycles. The third kappa shape index (κ3) is 7.51. The van der Waals surface area contributed by atoms with E-state index in [2.05, 4.69) is 10.6 Å². The van der Waals surface area contributed by atoms with Crippen molar-refractivity contribution < 1.29 is 29.0 Å². The van der Waals surface area contributed by atoms with Crippen LogP contribution in [-0.2, 0) is 28.2 Å². The zero-order chi connectivity index (χ0) is 27.8. The summed E-state index contributed by atoms with van der Waals surface area (Å²) < 4.78 is 10.8. The highest BCUT2D eigenvalue weighted by atomic mass is 32.1. The minimum Gasteiger partial charge on any atom is -0.481 e. The summed E-state index contributed by atoms with van der Waals surface area (Å²) in [4.78, 5) is 42.8. The fourth-order valence-corrected chi connectivity index (χ4v) is 5.86. The molecule has 1 aromatic carbocycles. The highest BCUT2D eigenvalue weighted by Crippen LogP contribution is 2.37. The third-order valence-electron chi connectivity index (χ3n) is 6.51. The van der Waals surface area contributed by atoms with Gasteiger partial charge >= 0.3 is 12.0 Å². The first-order chi connectivity index (χ1) is 18.8. The maximum absolute atomic E-state index is 13.7. The van der Waals surface area contributed by atoms with Gasteiger partial charge in [-0.15, -0.1) is 22.7 Å². The van der Waals surface area contributed by atoms with Crippen LogP contribution in [0.1, 0.15) is 54.8 Å². The number of rotatable bonds is 13. The smallest absolute Gasteiger partial charge is 0.318 e. The summed E-state index contributed by atoms with van der Waals surface area (Å²) in [5.74, 6) is -0.451. The van der Waals surface area contributed by atoms with Gasteiger partial charge in [-0.05, 0) is 53.9 Å². The van der Waals surface area contributed by atoms with Crippen LogP contribution >= 0.6 is 22.7 Å². The first-order valence-corrected chi connectivity index (χ1v) is 14.6. The summed E-state index contributed by atoms with van der Waals surface area (Å²) >= 11 is 3.14. The van der Waals surface area contributed by atoms with E-state index in [4.69, 9.17) is 9.47 Å². The van der Waals surface area contributed by atoms with Gasteiger partial charge in [-0.3, -0.25) is 9.59 Å². The molecule has 0 aliphatic carbocycles. The summed E-state index contributed by atoms with van der Waals surface area (Å²) in [5.41, 5.74) is -0.674. The SMILES string of the molecule is CCCC[C@H](NC(=O)N(Cc1cccs1)Cc1cccs1)C(=O)N[C@@](C)(CC(=O)O)c1ccc2c(c1)OCO2. The molecule has 208 valence electrons. The molecule has 3 aromatic rings. The minimum absolute atomic E-state index is 0.0827. The lowest BCUT2D eigenvalue weighted by Gasteiger charge is -2.33. The second kappa shape index (κ2) is 13.0. The normalized spacial score (nSPS) is 14.3. The van der Waals surface area contributed by atoms with Crippen LogP contribution in [0.25, 0.3) is 0 Å². The van der Waals surface area contributed by atoms with Crippen molar-refractivity contribution in [1.29, 1.82) is 0 Å². The second-order valence-corrected chi connectivity index (χ2v) is 11.7. The Bertz CT molecular complexity index is 1230. The number of ether oxygens (including phenoxy) is 2. The lowest BCUT2D eigenvalue weighted by molar-refractivity contribution is -0.139. The largest absolute Gasteiger partial charge is 0.481 e. The van der Waals surface area contributed by atoms with E-state index in [0.717, 1.165) is 16.2 Å². The number of carbonyl (C=O) groups is 3. The number of fused-ring (bicyclic) bond motifs is 1. The van der Waals surface area contributed by atoms with E-state index in [1.807, 2.05) is 41.9 Å². The monoisotopic (exact) mass is 571 g/mol. The molecule has 0 fully saturated rings. The quantitative estimate of drug-likeness (QED) is 0.256. The molecule has 3 N–H and O–H groups in total. The highest BCUT2D eigenvalue weighted by molar-refractivity contribution is 7.10. The lowest BCUT2D eigenvalue weighted by atomic mass is 9.87. The predicted octanol–water partition coefficient (Wildman–Crippen LogP) is 5.32. The number of unbranched alkanes of at least 4 members (excludes halogenated alkanes) is 1. The zero-order valence-electron chi connectivity index (χ0n) is 22.0. The first kappa shape index (κ1) is 28.4. The van der Waals surface area contributed by atoms with Crippen LogP contribution in [0.15, 0.2) is 53.2 Å². The van der Waals surface area contributed by atoms with Gasteiger partial charge in [0.25, 0.3) is 0 Å². The molecule has 9 nitrogen and oxygen atoms in total. The molecule has 0 radical (unpaired) electrons.